The highest BCUT2D eigenvalue weighted by molar-refractivity contribution is 5.92. The number of benzene rings is 1. The van der Waals surface area contributed by atoms with Gasteiger partial charge in [-0.05, 0) is 36.8 Å². The van der Waals surface area contributed by atoms with Crippen molar-refractivity contribution in [3.05, 3.63) is 42.2 Å². The maximum atomic E-state index is 12.1. The zero-order valence-electron chi connectivity index (χ0n) is 15.1. The summed E-state index contributed by atoms with van der Waals surface area (Å²) in [4.78, 5) is 23.1. The molecule has 9 nitrogen and oxygen atoms in total. The van der Waals surface area contributed by atoms with Gasteiger partial charge in [0.15, 0.2) is 11.5 Å². The molecule has 0 aliphatic carbocycles. The number of carbonyl (C=O) groups is 2. The number of amides is 2. The lowest BCUT2D eigenvalue weighted by Gasteiger charge is -2.07. The first-order chi connectivity index (χ1) is 13.0. The fourth-order valence-electron chi connectivity index (χ4n) is 2.55. The second kappa shape index (κ2) is 8.26. The van der Waals surface area contributed by atoms with Crippen LogP contribution in [0.5, 0.6) is 5.88 Å². The van der Waals surface area contributed by atoms with Crippen molar-refractivity contribution < 1.29 is 14.3 Å². The SMILES string of the molecule is COc1ccc2nnc(CCCC(=O)Nc3ccc(NC(C)=O)cc3)n2n1. The van der Waals surface area contributed by atoms with Crippen molar-refractivity contribution in [3.63, 3.8) is 0 Å². The molecular weight excluding hydrogens is 348 g/mol. The van der Waals surface area contributed by atoms with Gasteiger partial charge in [0, 0.05) is 37.2 Å². The Morgan fingerprint density at radius 3 is 2.41 bits per heavy atom. The molecule has 0 spiro atoms. The number of hydrogen-bond donors (Lipinski definition) is 2. The van der Waals surface area contributed by atoms with E-state index in [1.807, 2.05) is 0 Å². The van der Waals surface area contributed by atoms with Crippen LogP contribution in [0.15, 0.2) is 36.4 Å². The van der Waals surface area contributed by atoms with E-state index in [-0.39, 0.29) is 11.8 Å². The highest BCUT2D eigenvalue weighted by Crippen LogP contribution is 2.14. The molecule has 0 saturated carbocycles. The lowest BCUT2D eigenvalue weighted by atomic mass is 10.2. The molecule has 2 N–H and O–H groups in total. The molecule has 0 aliphatic heterocycles. The molecule has 0 fully saturated rings. The Morgan fingerprint density at radius 1 is 1.04 bits per heavy atom. The van der Waals surface area contributed by atoms with Gasteiger partial charge in [0.1, 0.15) is 0 Å². The van der Waals surface area contributed by atoms with Crippen molar-refractivity contribution in [2.24, 2.45) is 0 Å². The zero-order valence-corrected chi connectivity index (χ0v) is 15.1. The van der Waals surface area contributed by atoms with Crippen LogP contribution in [0.2, 0.25) is 0 Å². The molecule has 0 unspecified atom stereocenters. The highest BCUT2D eigenvalue weighted by atomic mass is 16.5. The minimum Gasteiger partial charge on any atom is -0.480 e. The molecule has 140 valence electrons. The molecule has 2 heterocycles. The fourth-order valence-corrected chi connectivity index (χ4v) is 2.55. The standard InChI is InChI=1S/C18H20N6O3/c1-12(25)19-13-6-8-14(9-7-13)20-17(26)5-3-4-15-21-22-16-10-11-18(27-2)23-24(15)16/h6-11H,3-5H2,1-2H3,(H,19,25)(H,20,26). The molecule has 9 heteroatoms. The first-order valence-corrected chi connectivity index (χ1v) is 8.48. The maximum Gasteiger partial charge on any atom is 0.231 e. The number of methoxy groups -OCH3 is 1. The summed E-state index contributed by atoms with van der Waals surface area (Å²) in [5, 5.41) is 18.0. The molecule has 0 saturated heterocycles. The number of nitrogens with zero attached hydrogens (tertiary/aromatic N) is 4. The van der Waals surface area contributed by atoms with E-state index in [0.29, 0.717) is 48.0 Å². The number of aromatic nitrogens is 4. The van der Waals surface area contributed by atoms with Crippen LogP contribution >= 0.6 is 0 Å². The molecule has 2 aromatic heterocycles. The van der Waals surface area contributed by atoms with E-state index in [2.05, 4.69) is 25.9 Å². The Labute approximate surface area is 155 Å². The summed E-state index contributed by atoms with van der Waals surface area (Å²) < 4.78 is 6.73. The van der Waals surface area contributed by atoms with Gasteiger partial charge in [-0.15, -0.1) is 15.3 Å². The van der Waals surface area contributed by atoms with Gasteiger partial charge < -0.3 is 15.4 Å². The van der Waals surface area contributed by atoms with E-state index in [4.69, 9.17) is 4.74 Å². The Kier molecular flexibility index (Phi) is 5.60. The number of aryl methyl sites for hydroxylation is 1. The zero-order chi connectivity index (χ0) is 19.2. The third-order valence-corrected chi connectivity index (χ3v) is 3.81. The maximum absolute atomic E-state index is 12.1. The van der Waals surface area contributed by atoms with Crippen molar-refractivity contribution in [2.45, 2.75) is 26.2 Å². The molecule has 1 aromatic carbocycles. The summed E-state index contributed by atoms with van der Waals surface area (Å²) in [6.45, 7) is 1.44. The first kappa shape index (κ1) is 18.3. The van der Waals surface area contributed by atoms with Crippen LogP contribution < -0.4 is 15.4 Å². The third kappa shape index (κ3) is 4.78. The van der Waals surface area contributed by atoms with E-state index >= 15 is 0 Å². The van der Waals surface area contributed by atoms with Gasteiger partial charge in [-0.1, -0.05) is 0 Å². The lowest BCUT2D eigenvalue weighted by molar-refractivity contribution is -0.116. The van der Waals surface area contributed by atoms with Gasteiger partial charge in [0.25, 0.3) is 0 Å². The Bertz CT molecular complexity index is 951. The number of hydrogen-bond acceptors (Lipinski definition) is 6. The van der Waals surface area contributed by atoms with Gasteiger partial charge in [-0.2, -0.15) is 4.52 Å². The minimum atomic E-state index is -0.139. The summed E-state index contributed by atoms with van der Waals surface area (Å²) in [5.41, 5.74) is 1.99. The molecule has 0 radical (unpaired) electrons. The molecule has 27 heavy (non-hydrogen) atoms. The predicted octanol–water partition coefficient (Wildman–Crippen LogP) is 2.05. The van der Waals surface area contributed by atoms with Crippen LogP contribution in [-0.2, 0) is 16.0 Å². The quantitative estimate of drug-likeness (QED) is 0.660. The average Bonchev–Trinajstić information content (AvgIpc) is 3.05. The summed E-state index contributed by atoms with van der Waals surface area (Å²) in [6.07, 6.45) is 1.51. The summed E-state index contributed by atoms with van der Waals surface area (Å²) in [7, 11) is 1.55. The van der Waals surface area contributed by atoms with Gasteiger partial charge >= 0.3 is 0 Å². The normalized spacial score (nSPS) is 10.6. The molecule has 0 bridgehead atoms. The topological polar surface area (TPSA) is 111 Å². The molecule has 0 atom stereocenters. The molecular formula is C18H20N6O3. The number of rotatable bonds is 7. The molecule has 3 aromatic rings. The monoisotopic (exact) mass is 368 g/mol. The van der Waals surface area contributed by atoms with E-state index in [1.165, 1.54) is 6.92 Å². The predicted molar refractivity (Wildman–Crippen MR) is 99.6 cm³/mol. The first-order valence-electron chi connectivity index (χ1n) is 8.48. The Hall–Kier alpha value is -3.49. The largest absolute Gasteiger partial charge is 0.480 e. The number of carbonyl (C=O) groups excluding carboxylic acids is 2. The van der Waals surface area contributed by atoms with Crippen molar-refractivity contribution in [3.8, 4) is 5.88 Å². The van der Waals surface area contributed by atoms with Crippen LogP contribution in [0.25, 0.3) is 5.65 Å². The van der Waals surface area contributed by atoms with Crippen LogP contribution in [0.4, 0.5) is 11.4 Å². The Morgan fingerprint density at radius 2 is 1.74 bits per heavy atom. The number of anilines is 2. The minimum absolute atomic E-state index is 0.0957. The average molecular weight is 368 g/mol. The van der Waals surface area contributed by atoms with Crippen molar-refractivity contribution >= 4 is 28.8 Å². The van der Waals surface area contributed by atoms with Gasteiger partial charge in [0.2, 0.25) is 17.7 Å². The van der Waals surface area contributed by atoms with E-state index in [9.17, 15) is 9.59 Å². The molecule has 2 amide bonds. The van der Waals surface area contributed by atoms with Gasteiger partial charge in [0.05, 0.1) is 7.11 Å². The summed E-state index contributed by atoms with van der Waals surface area (Å²) in [6, 6.07) is 10.5. The summed E-state index contributed by atoms with van der Waals surface area (Å²) >= 11 is 0. The van der Waals surface area contributed by atoms with Crippen LogP contribution in [0.3, 0.4) is 0 Å². The number of ether oxygens (including phenoxy) is 1. The number of fused-ring (bicyclic) bond motifs is 1. The highest BCUT2D eigenvalue weighted by Gasteiger charge is 2.09. The summed E-state index contributed by atoms with van der Waals surface area (Å²) in [5.74, 6) is 0.918. The van der Waals surface area contributed by atoms with E-state index < -0.39 is 0 Å². The number of nitrogens with one attached hydrogen (secondary N) is 2. The van der Waals surface area contributed by atoms with E-state index in [1.54, 1.807) is 48.0 Å². The fraction of sp³-hybridized carbons (Fsp3) is 0.278. The van der Waals surface area contributed by atoms with Crippen molar-refractivity contribution in [2.75, 3.05) is 17.7 Å². The Balaban J connectivity index is 1.52. The van der Waals surface area contributed by atoms with Gasteiger partial charge in [-0.25, -0.2) is 0 Å². The smallest absolute Gasteiger partial charge is 0.231 e. The van der Waals surface area contributed by atoms with Gasteiger partial charge in [-0.3, -0.25) is 9.59 Å². The second-order valence-electron chi connectivity index (χ2n) is 5.92. The van der Waals surface area contributed by atoms with Crippen LogP contribution in [0.1, 0.15) is 25.6 Å². The third-order valence-electron chi connectivity index (χ3n) is 3.81. The van der Waals surface area contributed by atoms with Crippen LogP contribution in [0, 0.1) is 0 Å². The second-order valence-corrected chi connectivity index (χ2v) is 5.92. The van der Waals surface area contributed by atoms with Crippen LogP contribution in [-0.4, -0.2) is 38.7 Å². The van der Waals surface area contributed by atoms with E-state index in [0.717, 1.165) is 0 Å². The lowest BCUT2D eigenvalue weighted by Crippen LogP contribution is -2.12. The molecule has 3 rings (SSSR count). The van der Waals surface area contributed by atoms with Crippen molar-refractivity contribution in [1.29, 1.82) is 0 Å². The van der Waals surface area contributed by atoms with Crippen molar-refractivity contribution in [1.82, 2.24) is 19.8 Å². The molecule has 0 aliphatic rings.